The van der Waals surface area contributed by atoms with E-state index in [1.54, 1.807) is 0 Å². The standard InChI is InChI=1S/C15H23BrN2/c1-11-5-6-18(10-14(11)8-17)9-13-4-3-12(2)15(16)7-13/h3-4,7,11,14H,5-6,8-10,17H2,1-2H3. The molecule has 2 atom stereocenters. The van der Waals surface area contributed by atoms with Gasteiger partial charge < -0.3 is 5.73 Å². The van der Waals surface area contributed by atoms with Gasteiger partial charge in [0.05, 0.1) is 0 Å². The van der Waals surface area contributed by atoms with E-state index in [0.29, 0.717) is 5.92 Å². The van der Waals surface area contributed by atoms with Crippen LogP contribution in [0.1, 0.15) is 24.5 Å². The molecule has 2 unspecified atom stereocenters. The minimum atomic E-state index is 0.660. The number of benzene rings is 1. The molecule has 0 spiro atoms. The molecule has 0 radical (unpaired) electrons. The van der Waals surface area contributed by atoms with Crippen LogP contribution in [0.2, 0.25) is 0 Å². The SMILES string of the molecule is Cc1ccc(CN2CCC(C)C(CN)C2)cc1Br. The smallest absolute Gasteiger partial charge is 0.0234 e. The predicted molar refractivity (Wildman–Crippen MR) is 80.5 cm³/mol. The van der Waals surface area contributed by atoms with Crippen molar-refractivity contribution in [2.75, 3.05) is 19.6 Å². The molecule has 1 saturated heterocycles. The maximum Gasteiger partial charge on any atom is 0.0234 e. The number of rotatable bonds is 3. The van der Waals surface area contributed by atoms with Crippen LogP contribution in [0, 0.1) is 18.8 Å². The maximum atomic E-state index is 5.86. The van der Waals surface area contributed by atoms with Gasteiger partial charge in [-0.05, 0) is 55.5 Å². The third-order valence-corrected chi connectivity index (χ3v) is 5.00. The van der Waals surface area contributed by atoms with Gasteiger partial charge in [0.25, 0.3) is 0 Å². The van der Waals surface area contributed by atoms with E-state index < -0.39 is 0 Å². The van der Waals surface area contributed by atoms with Gasteiger partial charge in [-0.2, -0.15) is 0 Å². The second-order valence-electron chi connectivity index (χ2n) is 5.58. The van der Waals surface area contributed by atoms with Gasteiger partial charge >= 0.3 is 0 Å². The Hall–Kier alpha value is -0.380. The van der Waals surface area contributed by atoms with Crippen LogP contribution in [-0.2, 0) is 6.54 Å². The van der Waals surface area contributed by atoms with Crippen molar-refractivity contribution in [3.8, 4) is 0 Å². The lowest BCUT2D eigenvalue weighted by molar-refractivity contribution is 0.126. The zero-order valence-corrected chi connectivity index (χ0v) is 12.9. The molecule has 0 amide bonds. The Kier molecular flexibility index (Phi) is 4.82. The molecule has 1 aliphatic rings. The van der Waals surface area contributed by atoms with Crippen molar-refractivity contribution in [2.45, 2.75) is 26.8 Å². The zero-order valence-electron chi connectivity index (χ0n) is 11.3. The summed E-state index contributed by atoms with van der Waals surface area (Å²) in [6.45, 7) is 8.65. The molecule has 1 fully saturated rings. The third kappa shape index (κ3) is 3.34. The fourth-order valence-corrected chi connectivity index (χ4v) is 3.09. The summed E-state index contributed by atoms with van der Waals surface area (Å²) >= 11 is 3.61. The number of nitrogens with two attached hydrogens (primary N) is 1. The maximum absolute atomic E-state index is 5.86. The average Bonchev–Trinajstić information content (AvgIpc) is 2.36. The Labute approximate surface area is 119 Å². The van der Waals surface area contributed by atoms with Crippen LogP contribution in [-0.4, -0.2) is 24.5 Å². The summed E-state index contributed by atoms with van der Waals surface area (Å²) < 4.78 is 1.21. The Bertz CT molecular complexity index is 405. The van der Waals surface area contributed by atoms with Crippen LogP contribution < -0.4 is 5.73 Å². The number of piperidine rings is 1. The van der Waals surface area contributed by atoms with Crippen molar-refractivity contribution in [2.24, 2.45) is 17.6 Å². The van der Waals surface area contributed by atoms with Crippen LogP contribution in [0.5, 0.6) is 0 Å². The first-order valence-electron chi connectivity index (χ1n) is 6.77. The second kappa shape index (κ2) is 6.18. The van der Waals surface area contributed by atoms with Crippen molar-refractivity contribution in [1.29, 1.82) is 0 Å². The molecule has 18 heavy (non-hydrogen) atoms. The summed E-state index contributed by atoms with van der Waals surface area (Å²) in [5.74, 6) is 1.43. The van der Waals surface area contributed by atoms with E-state index in [2.05, 4.69) is 52.9 Å². The molecule has 0 saturated carbocycles. The van der Waals surface area contributed by atoms with Crippen molar-refractivity contribution in [3.63, 3.8) is 0 Å². The van der Waals surface area contributed by atoms with Crippen molar-refractivity contribution < 1.29 is 0 Å². The van der Waals surface area contributed by atoms with Crippen LogP contribution in [0.15, 0.2) is 22.7 Å². The summed E-state index contributed by atoms with van der Waals surface area (Å²) in [5.41, 5.74) is 8.54. The fraction of sp³-hybridized carbons (Fsp3) is 0.600. The number of aryl methyl sites for hydroxylation is 1. The van der Waals surface area contributed by atoms with Gasteiger partial charge in [0.2, 0.25) is 0 Å². The molecular weight excluding hydrogens is 288 g/mol. The monoisotopic (exact) mass is 310 g/mol. The number of hydrogen-bond acceptors (Lipinski definition) is 2. The number of halogens is 1. The third-order valence-electron chi connectivity index (χ3n) is 4.14. The normalized spacial score (nSPS) is 25.3. The van der Waals surface area contributed by atoms with E-state index in [4.69, 9.17) is 5.73 Å². The lowest BCUT2D eigenvalue weighted by Gasteiger charge is -2.36. The molecule has 1 aliphatic heterocycles. The Morgan fingerprint density at radius 1 is 1.44 bits per heavy atom. The summed E-state index contributed by atoms with van der Waals surface area (Å²) in [4.78, 5) is 2.54. The van der Waals surface area contributed by atoms with Gasteiger partial charge in [-0.15, -0.1) is 0 Å². The van der Waals surface area contributed by atoms with E-state index in [-0.39, 0.29) is 0 Å². The topological polar surface area (TPSA) is 29.3 Å². The molecule has 2 rings (SSSR count). The van der Waals surface area contributed by atoms with Crippen molar-refractivity contribution in [1.82, 2.24) is 4.90 Å². The minimum absolute atomic E-state index is 0.660. The highest BCUT2D eigenvalue weighted by atomic mass is 79.9. The molecule has 1 aromatic rings. The highest BCUT2D eigenvalue weighted by molar-refractivity contribution is 9.10. The van der Waals surface area contributed by atoms with E-state index in [1.807, 2.05) is 0 Å². The zero-order chi connectivity index (χ0) is 13.1. The van der Waals surface area contributed by atoms with Crippen molar-refractivity contribution >= 4 is 15.9 Å². The van der Waals surface area contributed by atoms with E-state index in [0.717, 1.165) is 25.6 Å². The van der Waals surface area contributed by atoms with Crippen LogP contribution >= 0.6 is 15.9 Å². The van der Waals surface area contributed by atoms with Crippen LogP contribution in [0.3, 0.4) is 0 Å². The Balaban J connectivity index is 1.99. The predicted octanol–water partition coefficient (Wildman–Crippen LogP) is 3.17. The van der Waals surface area contributed by atoms with Gasteiger partial charge in [0.15, 0.2) is 0 Å². The van der Waals surface area contributed by atoms with E-state index in [1.165, 1.54) is 28.6 Å². The number of hydrogen-bond donors (Lipinski definition) is 1. The minimum Gasteiger partial charge on any atom is -0.330 e. The van der Waals surface area contributed by atoms with E-state index >= 15 is 0 Å². The molecular formula is C15H23BrN2. The fourth-order valence-electron chi connectivity index (χ4n) is 2.67. The first-order valence-corrected chi connectivity index (χ1v) is 7.57. The quantitative estimate of drug-likeness (QED) is 0.929. The highest BCUT2D eigenvalue weighted by Crippen LogP contribution is 2.24. The summed E-state index contributed by atoms with van der Waals surface area (Å²) in [5, 5.41) is 0. The lowest BCUT2D eigenvalue weighted by Crippen LogP contribution is -2.42. The van der Waals surface area contributed by atoms with Gasteiger partial charge in [-0.25, -0.2) is 0 Å². The molecule has 2 N–H and O–H groups in total. The van der Waals surface area contributed by atoms with Crippen molar-refractivity contribution in [3.05, 3.63) is 33.8 Å². The summed E-state index contributed by atoms with van der Waals surface area (Å²) in [6.07, 6.45) is 1.27. The molecule has 0 bridgehead atoms. The van der Waals surface area contributed by atoms with Gasteiger partial charge in [0, 0.05) is 17.6 Å². The Morgan fingerprint density at radius 3 is 2.89 bits per heavy atom. The molecule has 0 aliphatic carbocycles. The highest BCUT2D eigenvalue weighted by Gasteiger charge is 2.24. The van der Waals surface area contributed by atoms with Gasteiger partial charge in [-0.3, -0.25) is 4.90 Å². The van der Waals surface area contributed by atoms with Gasteiger partial charge in [0.1, 0.15) is 0 Å². The van der Waals surface area contributed by atoms with Gasteiger partial charge in [-0.1, -0.05) is 35.0 Å². The first kappa shape index (κ1) is 14.0. The first-order chi connectivity index (χ1) is 8.60. The largest absolute Gasteiger partial charge is 0.330 e. The van der Waals surface area contributed by atoms with Crippen LogP contribution in [0.25, 0.3) is 0 Å². The summed E-state index contributed by atoms with van der Waals surface area (Å²) in [6, 6.07) is 6.66. The molecule has 0 aromatic heterocycles. The number of nitrogens with zero attached hydrogens (tertiary/aromatic N) is 1. The second-order valence-corrected chi connectivity index (χ2v) is 6.43. The van der Waals surface area contributed by atoms with E-state index in [9.17, 15) is 0 Å². The van der Waals surface area contributed by atoms with Crippen LogP contribution in [0.4, 0.5) is 0 Å². The lowest BCUT2D eigenvalue weighted by atomic mass is 9.87. The average molecular weight is 311 g/mol. The number of likely N-dealkylation sites (tertiary alicyclic amines) is 1. The Morgan fingerprint density at radius 2 is 2.22 bits per heavy atom. The molecule has 1 heterocycles. The molecule has 100 valence electrons. The molecule has 2 nitrogen and oxygen atoms in total. The molecule has 3 heteroatoms. The summed E-state index contributed by atoms with van der Waals surface area (Å²) in [7, 11) is 0. The molecule has 1 aromatic carbocycles.